The van der Waals surface area contributed by atoms with E-state index in [-0.39, 0.29) is 28.0 Å². The summed E-state index contributed by atoms with van der Waals surface area (Å²) in [4.78, 5) is 0. The van der Waals surface area contributed by atoms with Crippen molar-refractivity contribution in [2.24, 2.45) is 0 Å². The summed E-state index contributed by atoms with van der Waals surface area (Å²) in [6, 6.07) is 10.8. The largest absolute Gasteiger partial charge is 0.489 e. The van der Waals surface area contributed by atoms with E-state index in [9.17, 15) is 13.2 Å². The fraction of sp³-hybridized carbons (Fsp3) is 0.300. The first kappa shape index (κ1) is 21.5. The maximum atomic E-state index is 13.3. The summed E-state index contributed by atoms with van der Waals surface area (Å²) in [5.74, 6) is 0.175. The number of halogens is 5. The third-order valence-electron chi connectivity index (χ3n) is 3.69. The number of hydrogen-bond donors (Lipinski definition) is 0. The van der Waals surface area contributed by atoms with Gasteiger partial charge in [0.25, 0.3) is 0 Å². The van der Waals surface area contributed by atoms with Crippen LogP contribution in [-0.2, 0) is 11.6 Å². The monoisotopic (exact) mass is 418 g/mol. The van der Waals surface area contributed by atoms with Crippen LogP contribution in [0.4, 0.5) is 13.2 Å². The molecule has 0 saturated carbocycles. The molecule has 0 heterocycles. The van der Waals surface area contributed by atoms with Crippen LogP contribution in [0.25, 0.3) is 0 Å². The van der Waals surface area contributed by atoms with Crippen molar-refractivity contribution < 1.29 is 22.6 Å². The maximum absolute atomic E-state index is 13.3. The summed E-state index contributed by atoms with van der Waals surface area (Å²) in [5.41, 5.74) is 0.132. The van der Waals surface area contributed by atoms with Crippen LogP contribution in [0.5, 0.6) is 17.2 Å². The molecule has 0 fully saturated rings. The topological polar surface area (TPSA) is 18.5 Å². The highest BCUT2D eigenvalue weighted by atomic mass is 35.5. The molecular formula is C20H19Cl2F3O2. The number of alkyl halides is 3. The lowest BCUT2D eigenvalue weighted by Crippen LogP contribution is -2.10. The lowest BCUT2D eigenvalue weighted by Gasteiger charge is -2.19. The zero-order valence-corrected chi connectivity index (χ0v) is 16.5. The standard InChI is InChI=1S/C20H19Cl2F3O2/c1-19(2,3)13-4-6-14(7-5-13)27-15-8-9-17(26-11-10-18(21)22)16(12-15)20(23,24)25/h4-10,12H,11H2,1-3H3. The molecule has 0 bridgehead atoms. The van der Waals surface area contributed by atoms with Gasteiger partial charge in [0.2, 0.25) is 0 Å². The Kier molecular flexibility index (Phi) is 6.71. The molecule has 0 radical (unpaired) electrons. The Bertz CT molecular complexity index is 803. The molecule has 7 heteroatoms. The van der Waals surface area contributed by atoms with Crippen molar-refractivity contribution in [3.8, 4) is 17.2 Å². The summed E-state index contributed by atoms with van der Waals surface area (Å²) < 4.78 is 50.6. The lowest BCUT2D eigenvalue weighted by atomic mass is 9.87. The second kappa shape index (κ2) is 8.44. The molecule has 0 aliphatic rings. The molecule has 2 nitrogen and oxygen atoms in total. The normalized spacial score (nSPS) is 11.9. The van der Waals surface area contributed by atoms with Crippen molar-refractivity contribution in [2.45, 2.75) is 32.4 Å². The van der Waals surface area contributed by atoms with E-state index in [1.54, 1.807) is 12.1 Å². The molecule has 2 rings (SSSR count). The van der Waals surface area contributed by atoms with E-state index in [0.29, 0.717) is 5.75 Å². The Morgan fingerprint density at radius 1 is 0.963 bits per heavy atom. The molecule has 0 atom stereocenters. The summed E-state index contributed by atoms with van der Waals surface area (Å²) >= 11 is 10.9. The van der Waals surface area contributed by atoms with Gasteiger partial charge in [-0.15, -0.1) is 0 Å². The van der Waals surface area contributed by atoms with Crippen molar-refractivity contribution in [1.29, 1.82) is 0 Å². The molecule has 0 unspecified atom stereocenters. The van der Waals surface area contributed by atoms with Crippen LogP contribution in [0.2, 0.25) is 0 Å². The van der Waals surface area contributed by atoms with Crippen molar-refractivity contribution >= 4 is 23.2 Å². The van der Waals surface area contributed by atoms with Gasteiger partial charge in [0.1, 0.15) is 33.9 Å². The fourth-order valence-electron chi connectivity index (χ4n) is 2.27. The van der Waals surface area contributed by atoms with Gasteiger partial charge < -0.3 is 9.47 Å². The Morgan fingerprint density at radius 3 is 2.07 bits per heavy atom. The average Bonchev–Trinajstić information content (AvgIpc) is 2.54. The Balaban J connectivity index is 2.24. The zero-order chi connectivity index (χ0) is 20.2. The van der Waals surface area contributed by atoms with E-state index < -0.39 is 11.7 Å². The van der Waals surface area contributed by atoms with Crippen molar-refractivity contribution in [1.82, 2.24) is 0 Å². The summed E-state index contributed by atoms with van der Waals surface area (Å²) in [6.07, 6.45) is -3.34. The molecule has 0 N–H and O–H groups in total. The van der Waals surface area contributed by atoms with Crippen LogP contribution in [0.15, 0.2) is 53.0 Å². The predicted octanol–water partition coefficient (Wildman–Crippen LogP) is 7.49. The average molecular weight is 419 g/mol. The molecule has 146 valence electrons. The van der Waals surface area contributed by atoms with E-state index in [4.69, 9.17) is 32.7 Å². The molecule has 0 spiro atoms. The van der Waals surface area contributed by atoms with E-state index in [0.717, 1.165) is 11.6 Å². The van der Waals surface area contributed by atoms with Crippen LogP contribution < -0.4 is 9.47 Å². The molecule has 0 amide bonds. The minimum absolute atomic E-state index is 0.0264. The molecule has 2 aromatic rings. The van der Waals surface area contributed by atoms with E-state index in [1.807, 2.05) is 12.1 Å². The Hall–Kier alpha value is -1.85. The van der Waals surface area contributed by atoms with Gasteiger partial charge in [-0.25, -0.2) is 0 Å². The number of benzene rings is 2. The van der Waals surface area contributed by atoms with Crippen LogP contribution in [0.1, 0.15) is 31.9 Å². The predicted molar refractivity (Wildman–Crippen MR) is 102 cm³/mol. The van der Waals surface area contributed by atoms with E-state index >= 15 is 0 Å². The Morgan fingerprint density at radius 2 is 1.56 bits per heavy atom. The molecular weight excluding hydrogens is 400 g/mol. The highest BCUT2D eigenvalue weighted by molar-refractivity contribution is 6.55. The molecule has 0 aliphatic heterocycles. The zero-order valence-electron chi connectivity index (χ0n) is 15.0. The van der Waals surface area contributed by atoms with Crippen molar-refractivity contribution in [3.05, 3.63) is 64.2 Å². The van der Waals surface area contributed by atoms with E-state index in [2.05, 4.69) is 20.8 Å². The number of ether oxygens (including phenoxy) is 2. The first-order valence-electron chi connectivity index (χ1n) is 8.10. The van der Waals surface area contributed by atoms with E-state index in [1.165, 1.54) is 18.2 Å². The SMILES string of the molecule is CC(C)(C)c1ccc(Oc2ccc(OCC=C(Cl)Cl)c(C(F)(F)F)c2)cc1. The quantitative estimate of drug-likeness (QED) is 0.500. The minimum Gasteiger partial charge on any atom is -0.489 e. The minimum atomic E-state index is -4.60. The van der Waals surface area contributed by atoms with Crippen LogP contribution in [0.3, 0.4) is 0 Å². The van der Waals surface area contributed by atoms with Gasteiger partial charge in [0.05, 0.1) is 0 Å². The second-order valence-corrected chi connectivity index (χ2v) is 7.84. The van der Waals surface area contributed by atoms with Crippen molar-refractivity contribution in [3.63, 3.8) is 0 Å². The lowest BCUT2D eigenvalue weighted by molar-refractivity contribution is -0.138. The van der Waals surface area contributed by atoms with Gasteiger partial charge in [-0.1, -0.05) is 56.1 Å². The third kappa shape index (κ3) is 6.36. The molecule has 0 aromatic heterocycles. The fourth-order valence-corrected chi connectivity index (χ4v) is 2.40. The van der Waals surface area contributed by atoms with Crippen LogP contribution in [0, 0.1) is 0 Å². The molecule has 2 aromatic carbocycles. The first-order chi connectivity index (χ1) is 12.5. The number of hydrogen-bond acceptors (Lipinski definition) is 2. The molecule has 0 aliphatic carbocycles. The summed E-state index contributed by atoms with van der Waals surface area (Å²) in [5, 5.41) is 0. The van der Waals surface area contributed by atoms with Gasteiger partial charge in [-0.3, -0.25) is 0 Å². The summed E-state index contributed by atoms with van der Waals surface area (Å²) in [7, 11) is 0. The van der Waals surface area contributed by atoms with Crippen molar-refractivity contribution in [2.75, 3.05) is 6.61 Å². The van der Waals surface area contributed by atoms with Gasteiger partial charge in [-0.2, -0.15) is 13.2 Å². The smallest absolute Gasteiger partial charge is 0.420 e. The van der Waals surface area contributed by atoms with Gasteiger partial charge in [-0.05, 0) is 47.4 Å². The van der Waals surface area contributed by atoms with Gasteiger partial charge in [0, 0.05) is 0 Å². The Labute approximate surface area is 166 Å². The first-order valence-corrected chi connectivity index (χ1v) is 8.86. The maximum Gasteiger partial charge on any atom is 0.420 e. The third-order valence-corrected chi connectivity index (χ3v) is 4.00. The summed E-state index contributed by atoms with van der Waals surface area (Å²) in [6.45, 7) is 6.04. The molecule has 27 heavy (non-hydrogen) atoms. The molecule has 0 saturated heterocycles. The number of rotatable bonds is 5. The van der Waals surface area contributed by atoms with Gasteiger partial charge >= 0.3 is 6.18 Å². The van der Waals surface area contributed by atoms with Gasteiger partial charge in [0.15, 0.2) is 0 Å². The van der Waals surface area contributed by atoms with Crippen LogP contribution >= 0.6 is 23.2 Å². The highest BCUT2D eigenvalue weighted by Crippen LogP contribution is 2.39. The van der Waals surface area contributed by atoms with Crippen LogP contribution in [-0.4, -0.2) is 6.61 Å². The second-order valence-electron chi connectivity index (χ2n) is 6.84. The highest BCUT2D eigenvalue weighted by Gasteiger charge is 2.35.